The lowest BCUT2D eigenvalue weighted by Gasteiger charge is -2.25. The van der Waals surface area contributed by atoms with Crippen molar-refractivity contribution in [2.24, 2.45) is 0 Å². The van der Waals surface area contributed by atoms with Gasteiger partial charge in [-0.2, -0.15) is 5.10 Å². The molecule has 7 heteroatoms. The molecule has 0 saturated carbocycles. The zero-order chi connectivity index (χ0) is 21.6. The molecule has 0 fully saturated rings. The summed E-state index contributed by atoms with van der Waals surface area (Å²) in [6.07, 6.45) is 3.20. The lowest BCUT2D eigenvalue weighted by atomic mass is 10.1. The van der Waals surface area contributed by atoms with Crippen molar-refractivity contribution < 1.29 is 14.3 Å². The van der Waals surface area contributed by atoms with Crippen LogP contribution in [0.5, 0.6) is 11.5 Å². The van der Waals surface area contributed by atoms with Gasteiger partial charge in [-0.1, -0.05) is 36.4 Å². The fourth-order valence-electron chi connectivity index (χ4n) is 3.83. The Balaban J connectivity index is 1.47. The van der Waals surface area contributed by atoms with Crippen molar-refractivity contribution in [3.05, 3.63) is 77.6 Å². The van der Waals surface area contributed by atoms with E-state index in [1.807, 2.05) is 49.4 Å². The van der Waals surface area contributed by atoms with Crippen LogP contribution < -0.4 is 14.8 Å². The molecule has 0 spiro atoms. The van der Waals surface area contributed by atoms with E-state index in [-0.39, 0.29) is 12.0 Å². The van der Waals surface area contributed by atoms with E-state index in [9.17, 15) is 4.79 Å². The summed E-state index contributed by atoms with van der Waals surface area (Å²) in [4.78, 5) is 14.7. The zero-order valence-corrected chi connectivity index (χ0v) is 18.0. The van der Waals surface area contributed by atoms with E-state index in [0.29, 0.717) is 25.2 Å². The first-order chi connectivity index (χ1) is 15.2. The van der Waals surface area contributed by atoms with Crippen LogP contribution in [0.1, 0.15) is 34.5 Å². The summed E-state index contributed by atoms with van der Waals surface area (Å²) in [5, 5.41) is 7.17. The molecule has 1 aliphatic heterocycles. The third-order valence-corrected chi connectivity index (χ3v) is 5.48. The average Bonchev–Trinajstić information content (AvgIpc) is 3.21. The second-order valence-corrected chi connectivity index (χ2v) is 7.53. The SMILES string of the molecule is CCn1cc(C(=O)NCCN2Cc3ccccc3O[C@H](c3ccccc3OC)C2)cn1. The Morgan fingerprint density at radius 1 is 1.23 bits per heavy atom. The summed E-state index contributed by atoms with van der Waals surface area (Å²) in [6, 6.07) is 16.1. The van der Waals surface area contributed by atoms with E-state index in [1.54, 1.807) is 24.2 Å². The third-order valence-electron chi connectivity index (χ3n) is 5.48. The first kappa shape index (κ1) is 20.9. The minimum Gasteiger partial charge on any atom is -0.496 e. The van der Waals surface area contributed by atoms with Crippen LogP contribution in [0.2, 0.25) is 0 Å². The summed E-state index contributed by atoms with van der Waals surface area (Å²) in [6.45, 7) is 5.43. The number of aryl methyl sites for hydroxylation is 1. The van der Waals surface area contributed by atoms with Crippen LogP contribution in [0.3, 0.4) is 0 Å². The van der Waals surface area contributed by atoms with Crippen LogP contribution >= 0.6 is 0 Å². The van der Waals surface area contributed by atoms with Crippen LogP contribution in [-0.2, 0) is 13.1 Å². The molecule has 0 saturated heterocycles. The van der Waals surface area contributed by atoms with Gasteiger partial charge >= 0.3 is 0 Å². The van der Waals surface area contributed by atoms with Crippen molar-refractivity contribution in [3.8, 4) is 11.5 Å². The maximum Gasteiger partial charge on any atom is 0.254 e. The number of carbonyl (C=O) groups is 1. The summed E-state index contributed by atoms with van der Waals surface area (Å²) < 4.78 is 13.7. The fraction of sp³-hybridized carbons (Fsp3) is 0.333. The van der Waals surface area contributed by atoms with Crippen molar-refractivity contribution in [2.75, 3.05) is 26.7 Å². The number of hydrogen-bond donors (Lipinski definition) is 1. The second kappa shape index (κ2) is 9.66. The van der Waals surface area contributed by atoms with Gasteiger partial charge in [0.15, 0.2) is 0 Å². The standard InChI is InChI=1S/C24H28N4O3/c1-3-28-16-19(14-26-28)24(29)25-12-13-27-15-18-8-4-6-10-21(18)31-23(17-27)20-9-5-7-11-22(20)30-2/h4-11,14,16,23H,3,12-13,15,17H2,1-2H3,(H,25,29)/t23-/m0/s1. The van der Waals surface area contributed by atoms with Crippen molar-refractivity contribution >= 4 is 5.91 Å². The molecule has 1 N–H and O–H groups in total. The molecule has 2 heterocycles. The van der Waals surface area contributed by atoms with E-state index < -0.39 is 0 Å². The number of amides is 1. The predicted octanol–water partition coefficient (Wildman–Crippen LogP) is 3.28. The Morgan fingerprint density at radius 3 is 2.84 bits per heavy atom. The number of carbonyl (C=O) groups excluding carboxylic acids is 1. The smallest absolute Gasteiger partial charge is 0.254 e. The second-order valence-electron chi connectivity index (χ2n) is 7.53. The lowest BCUT2D eigenvalue weighted by Crippen LogP contribution is -2.36. The molecule has 0 unspecified atom stereocenters. The zero-order valence-electron chi connectivity index (χ0n) is 18.0. The molecule has 0 radical (unpaired) electrons. The molecular formula is C24H28N4O3. The monoisotopic (exact) mass is 420 g/mol. The Labute approximate surface area is 182 Å². The van der Waals surface area contributed by atoms with Crippen molar-refractivity contribution in [1.29, 1.82) is 0 Å². The largest absolute Gasteiger partial charge is 0.496 e. The van der Waals surface area contributed by atoms with E-state index in [1.165, 1.54) is 0 Å². The number of methoxy groups -OCH3 is 1. The number of rotatable bonds is 7. The number of ether oxygens (including phenoxy) is 2. The van der Waals surface area contributed by atoms with Crippen LogP contribution in [-0.4, -0.2) is 47.3 Å². The quantitative estimate of drug-likeness (QED) is 0.635. The summed E-state index contributed by atoms with van der Waals surface area (Å²) in [5.41, 5.74) is 2.73. The number of fused-ring (bicyclic) bond motifs is 1. The molecule has 7 nitrogen and oxygen atoms in total. The molecular weight excluding hydrogens is 392 g/mol. The number of aromatic nitrogens is 2. The van der Waals surface area contributed by atoms with Crippen LogP contribution in [0, 0.1) is 0 Å². The molecule has 2 aromatic carbocycles. The normalized spacial score (nSPS) is 16.1. The molecule has 3 aromatic rings. The van der Waals surface area contributed by atoms with Crippen molar-refractivity contribution in [3.63, 3.8) is 0 Å². The van der Waals surface area contributed by atoms with Gasteiger partial charge in [0.2, 0.25) is 0 Å². The molecule has 0 aliphatic carbocycles. The molecule has 1 aromatic heterocycles. The number of benzene rings is 2. The fourth-order valence-corrected chi connectivity index (χ4v) is 3.83. The van der Waals surface area contributed by atoms with E-state index in [4.69, 9.17) is 9.47 Å². The third kappa shape index (κ3) is 4.88. The van der Waals surface area contributed by atoms with Gasteiger partial charge in [0.25, 0.3) is 5.91 Å². The van der Waals surface area contributed by atoms with Gasteiger partial charge in [0.05, 0.1) is 18.9 Å². The maximum absolute atomic E-state index is 12.4. The Hall–Kier alpha value is -3.32. The van der Waals surface area contributed by atoms with Gasteiger partial charge in [-0.25, -0.2) is 0 Å². The molecule has 1 atom stereocenters. The molecule has 162 valence electrons. The van der Waals surface area contributed by atoms with Gasteiger partial charge in [0.1, 0.15) is 17.6 Å². The molecule has 1 aliphatic rings. The summed E-state index contributed by atoms with van der Waals surface area (Å²) in [5.74, 6) is 1.59. The molecule has 31 heavy (non-hydrogen) atoms. The number of nitrogens with zero attached hydrogens (tertiary/aromatic N) is 3. The lowest BCUT2D eigenvalue weighted by molar-refractivity contribution is 0.0942. The average molecular weight is 421 g/mol. The Morgan fingerprint density at radius 2 is 2.03 bits per heavy atom. The van der Waals surface area contributed by atoms with E-state index in [0.717, 1.165) is 35.7 Å². The molecule has 1 amide bonds. The minimum atomic E-state index is -0.168. The first-order valence-electron chi connectivity index (χ1n) is 10.6. The predicted molar refractivity (Wildman–Crippen MR) is 118 cm³/mol. The van der Waals surface area contributed by atoms with Gasteiger partial charge < -0.3 is 14.8 Å². The number of hydrogen-bond acceptors (Lipinski definition) is 5. The highest BCUT2D eigenvalue weighted by atomic mass is 16.5. The van der Waals surface area contributed by atoms with Gasteiger partial charge in [0, 0.05) is 50.0 Å². The minimum absolute atomic E-state index is 0.104. The highest BCUT2D eigenvalue weighted by Gasteiger charge is 2.26. The van der Waals surface area contributed by atoms with Crippen LogP contribution in [0.4, 0.5) is 0 Å². The van der Waals surface area contributed by atoms with Crippen LogP contribution in [0.15, 0.2) is 60.9 Å². The van der Waals surface area contributed by atoms with Crippen LogP contribution in [0.25, 0.3) is 0 Å². The van der Waals surface area contributed by atoms with Gasteiger partial charge in [-0.15, -0.1) is 0 Å². The van der Waals surface area contributed by atoms with Crippen molar-refractivity contribution in [1.82, 2.24) is 20.0 Å². The van der Waals surface area contributed by atoms with E-state index >= 15 is 0 Å². The van der Waals surface area contributed by atoms with Gasteiger partial charge in [-0.3, -0.25) is 14.4 Å². The first-order valence-corrected chi connectivity index (χ1v) is 10.6. The maximum atomic E-state index is 12.4. The number of para-hydroxylation sites is 2. The number of nitrogens with one attached hydrogen (secondary N) is 1. The topological polar surface area (TPSA) is 68.6 Å². The molecule has 0 bridgehead atoms. The van der Waals surface area contributed by atoms with Crippen molar-refractivity contribution in [2.45, 2.75) is 26.1 Å². The van der Waals surface area contributed by atoms with Gasteiger partial charge in [-0.05, 0) is 19.1 Å². The molecule has 4 rings (SSSR count). The highest BCUT2D eigenvalue weighted by Crippen LogP contribution is 2.34. The summed E-state index contributed by atoms with van der Waals surface area (Å²) in [7, 11) is 1.68. The highest BCUT2D eigenvalue weighted by molar-refractivity contribution is 5.93. The Bertz CT molecular complexity index is 1030. The summed E-state index contributed by atoms with van der Waals surface area (Å²) >= 11 is 0. The van der Waals surface area contributed by atoms with E-state index in [2.05, 4.69) is 21.4 Å². The Kier molecular flexibility index (Phi) is 6.52.